The molecule has 0 radical (unpaired) electrons. The van der Waals surface area contributed by atoms with Gasteiger partial charge in [0.1, 0.15) is 24.3 Å². The van der Waals surface area contributed by atoms with E-state index >= 15 is 0 Å². The largest absolute Gasteiger partial charge is 0.309 e. The third-order valence-corrected chi connectivity index (χ3v) is 4.33. The molecule has 0 aliphatic heterocycles. The summed E-state index contributed by atoms with van der Waals surface area (Å²) in [6, 6.07) is 7.19. The van der Waals surface area contributed by atoms with Crippen LogP contribution in [0.25, 0.3) is 0 Å². The smallest absolute Gasteiger partial charge is 0.291 e. The SMILES string of the molecule is Cc1ccccc1Cn1cnc(NC(=O)C(C)n2ncc([N+](=O)[O-])c2C)n1. The summed E-state index contributed by atoms with van der Waals surface area (Å²) < 4.78 is 2.93. The molecule has 0 fully saturated rings. The Morgan fingerprint density at radius 2 is 2.07 bits per heavy atom. The first kappa shape index (κ1) is 18.2. The normalized spacial score (nSPS) is 12.0. The van der Waals surface area contributed by atoms with E-state index in [-0.39, 0.29) is 11.6 Å². The summed E-state index contributed by atoms with van der Waals surface area (Å²) in [6.45, 7) is 5.70. The number of amides is 1. The molecule has 1 atom stereocenters. The highest BCUT2D eigenvalue weighted by Gasteiger charge is 2.24. The Morgan fingerprint density at radius 3 is 2.74 bits per heavy atom. The van der Waals surface area contributed by atoms with Crippen LogP contribution >= 0.6 is 0 Å². The molecule has 1 aromatic carbocycles. The standard InChI is InChI=1S/C17H19N7O3/c1-11-6-4-5-7-14(11)9-22-10-18-17(21-22)20-16(25)13(3)23-12(2)15(8-19-23)24(26)27/h4-8,10,13H,9H2,1-3H3,(H,20,21,25). The van der Waals surface area contributed by atoms with Gasteiger partial charge in [0.25, 0.3) is 5.91 Å². The molecule has 3 aromatic rings. The van der Waals surface area contributed by atoms with Crippen molar-refractivity contribution >= 4 is 17.5 Å². The molecule has 0 saturated heterocycles. The summed E-state index contributed by atoms with van der Waals surface area (Å²) in [5.74, 6) is -0.246. The Morgan fingerprint density at radius 1 is 1.33 bits per heavy atom. The number of carbonyl (C=O) groups excluding carboxylic acids is 1. The highest BCUT2D eigenvalue weighted by molar-refractivity contribution is 5.91. The van der Waals surface area contributed by atoms with Gasteiger partial charge in [0.15, 0.2) is 0 Å². The minimum absolute atomic E-state index is 0.129. The number of hydrogen-bond acceptors (Lipinski definition) is 6. The van der Waals surface area contributed by atoms with Crippen LogP contribution in [0.1, 0.15) is 29.8 Å². The molecule has 0 aliphatic rings. The Bertz CT molecular complexity index is 992. The molecule has 1 N–H and O–H groups in total. The third-order valence-electron chi connectivity index (χ3n) is 4.33. The summed E-state index contributed by atoms with van der Waals surface area (Å²) in [5, 5.41) is 21.7. The maximum atomic E-state index is 12.4. The summed E-state index contributed by atoms with van der Waals surface area (Å²) in [4.78, 5) is 26.9. The van der Waals surface area contributed by atoms with Crippen molar-refractivity contribution in [3.05, 3.63) is 63.7 Å². The van der Waals surface area contributed by atoms with Crippen LogP contribution in [-0.4, -0.2) is 35.4 Å². The molecule has 1 amide bonds. The number of benzene rings is 1. The number of nitrogens with one attached hydrogen (secondary N) is 1. The molecule has 27 heavy (non-hydrogen) atoms. The van der Waals surface area contributed by atoms with Gasteiger partial charge in [0, 0.05) is 0 Å². The minimum Gasteiger partial charge on any atom is -0.291 e. The van der Waals surface area contributed by atoms with Gasteiger partial charge in [-0.25, -0.2) is 9.67 Å². The third kappa shape index (κ3) is 3.84. The van der Waals surface area contributed by atoms with Crippen LogP contribution in [0.2, 0.25) is 0 Å². The molecule has 0 bridgehead atoms. The number of aromatic nitrogens is 5. The molecular formula is C17H19N7O3. The van der Waals surface area contributed by atoms with E-state index in [9.17, 15) is 14.9 Å². The average Bonchev–Trinajstić information content (AvgIpc) is 3.22. The first-order valence-corrected chi connectivity index (χ1v) is 8.30. The summed E-state index contributed by atoms with van der Waals surface area (Å²) >= 11 is 0. The van der Waals surface area contributed by atoms with Crippen LogP contribution < -0.4 is 5.32 Å². The number of carbonyl (C=O) groups is 1. The minimum atomic E-state index is -0.748. The number of hydrogen-bond donors (Lipinski definition) is 1. The van der Waals surface area contributed by atoms with Crippen LogP contribution in [-0.2, 0) is 11.3 Å². The van der Waals surface area contributed by atoms with E-state index in [1.807, 2.05) is 31.2 Å². The second-order valence-electron chi connectivity index (χ2n) is 6.17. The van der Waals surface area contributed by atoms with Crippen molar-refractivity contribution in [2.45, 2.75) is 33.4 Å². The van der Waals surface area contributed by atoms with Crippen LogP contribution in [0.3, 0.4) is 0 Å². The van der Waals surface area contributed by atoms with Crippen LogP contribution in [0, 0.1) is 24.0 Å². The average molecular weight is 369 g/mol. The van der Waals surface area contributed by atoms with Crippen molar-refractivity contribution in [1.29, 1.82) is 0 Å². The molecule has 10 heteroatoms. The van der Waals surface area contributed by atoms with E-state index in [0.717, 1.165) is 17.3 Å². The highest BCUT2D eigenvalue weighted by Crippen LogP contribution is 2.20. The summed E-state index contributed by atoms with van der Waals surface area (Å²) in [5.41, 5.74) is 2.42. The van der Waals surface area contributed by atoms with Gasteiger partial charge in [0.05, 0.1) is 11.5 Å². The predicted octanol–water partition coefficient (Wildman–Crippen LogP) is 2.25. The molecule has 10 nitrogen and oxygen atoms in total. The van der Waals surface area contributed by atoms with E-state index < -0.39 is 16.9 Å². The van der Waals surface area contributed by atoms with E-state index in [0.29, 0.717) is 12.2 Å². The molecular weight excluding hydrogens is 350 g/mol. The van der Waals surface area contributed by atoms with Crippen molar-refractivity contribution in [2.75, 3.05) is 5.32 Å². The predicted molar refractivity (Wildman–Crippen MR) is 97.3 cm³/mol. The van der Waals surface area contributed by atoms with Crippen LogP contribution in [0.15, 0.2) is 36.8 Å². The van der Waals surface area contributed by atoms with E-state index in [1.54, 1.807) is 18.5 Å². The first-order chi connectivity index (χ1) is 12.9. The molecule has 0 aliphatic carbocycles. The fourth-order valence-corrected chi connectivity index (χ4v) is 2.70. The number of anilines is 1. The Labute approximate surface area is 155 Å². The summed E-state index contributed by atoms with van der Waals surface area (Å²) in [6.07, 6.45) is 2.67. The highest BCUT2D eigenvalue weighted by atomic mass is 16.6. The van der Waals surface area contributed by atoms with Crippen molar-refractivity contribution in [3.8, 4) is 0 Å². The van der Waals surface area contributed by atoms with Gasteiger partial charge in [-0.2, -0.15) is 5.10 Å². The van der Waals surface area contributed by atoms with Crippen LogP contribution in [0.4, 0.5) is 11.6 Å². The number of nitrogens with zero attached hydrogens (tertiary/aromatic N) is 6. The van der Waals surface area contributed by atoms with Gasteiger partial charge >= 0.3 is 5.69 Å². The molecule has 3 rings (SSSR count). The first-order valence-electron chi connectivity index (χ1n) is 8.30. The van der Waals surface area contributed by atoms with E-state index in [4.69, 9.17) is 0 Å². The van der Waals surface area contributed by atoms with Gasteiger partial charge in [-0.1, -0.05) is 24.3 Å². The zero-order valence-electron chi connectivity index (χ0n) is 15.2. The molecule has 2 heterocycles. The maximum absolute atomic E-state index is 12.4. The van der Waals surface area contributed by atoms with Gasteiger partial charge in [0.2, 0.25) is 5.95 Å². The van der Waals surface area contributed by atoms with Crippen LogP contribution in [0.5, 0.6) is 0 Å². The quantitative estimate of drug-likeness (QED) is 0.525. The zero-order valence-corrected chi connectivity index (χ0v) is 15.2. The zero-order chi connectivity index (χ0) is 19.6. The lowest BCUT2D eigenvalue weighted by Crippen LogP contribution is -2.25. The lowest BCUT2D eigenvalue weighted by Gasteiger charge is -2.12. The van der Waals surface area contributed by atoms with Gasteiger partial charge < -0.3 is 0 Å². The Kier molecular flexibility index (Phi) is 4.97. The molecule has 140 valence electrons. The lowest BCUT2D eigenvalue weighted by atomic mass is 10.1. The lowest BCUT2D eigenvalue weighted by molar-refractivity contribution is -0.385. The van der Waals surface area contributed by atoms with Crippen molar-refractivity contribution < 1.29 is 9.72 Å². The maximum Gasteiger partial charge on any atom is 0.309 e. The van der Waals surface area contributed by atoms with Gasteiger partial charge in [-0.3, -0.25) is 24.9 Å². The fraction of sp³-hybridized carbons (Fsp3) is 0.294. The molecule has 1 unspecified atom stereocenters. The Balaban J connectivity index is 1.69. The van der Waals surface area contributed by atoms with Gasteiger partial charge in [-0.05, 0) is 31.9 Å². The second-order valence-corrected chi connectivity index (χ2v) is 6.17. The van der Waals surface area contributed by atoms with E-state index in [1.165, 1.54) is 11.0 Å². The van der Waals surface area contributed by atoms with E-state index in [2.05, 4.69) is 20.5 Å². The number of rotatable bonds is 6. The van der Waals surface area contributed by atoms with Crippen molar-refractivity contribution in [2.24, 2.45) is 0 Å². The monoisotopic (exact) mass is 369 g/mol. The number of nitro groups is 1. The van der Waals surface area contributed by atoms with Crippen molar-refractivity contribution in [3.63, 3.8) is 0 Å². The van der Waals surface area contributed by atoms with Crippen molar-refractivity contribution in [1.82, 2.24) is 24.5 Å². The topological polar surface area (TPSA) is 121 Å². The Hall–Kier alpha value is -3.56. The summed E-state index contributed by atoms with van der Waals surface area (Å²) in [7, 11) is 0. The number of aryl methyl sites for hydroxylation is 1. The fourth-order valence-electron chi connectivity index (χ4n) is 2.70. The molecule has 0 saturated carbocycles. The van der Waals surface area contributed by atoms with Gasteiger partial charge in [-0.15, -0.1) is 5.10 Å². The molecule has 0 spiro atoms. The molecule has 2 aromatic heterocycles. The second kappa shape index (κ2) is 7.36.